The molecule has 0 spiro atoms. The minimum atomic E-state index is 0.258. The normalized spacial score (nSPS) is 21.8. The first-order valence-corrected chi connectivity index (χ1v) is 6.68. The van der Waals surface area contributed by atoms with Crippen molar-refractivity contribution in [1.82, 2.24) is 15.0 Å². The molecule has 0 radical (unpaired) electrons. The fourth-order valence-electron chi connectivity index (χ4n) is 2.59. The SMILES string of the molecule is CC(=O)CC1CCCCCN1Cc1nc(C)no1. The molecule has 5 nitrogen and oxygen atoms in total. The highest BCUT2D eigenvalue weighted by atomic mass is 16.5. The first-order chi connectivity index (χ1) is 8.65. The van der Waals surface area contributed by atoms with Crippen molar-refractivity contribution in [1.29, 1.82) is 0 Å². The number of rotatable bonds is 4. The number of hydrogen-bond acceptors (Lipinski definition) is 5. The summed E-state index contributed by atoms with van der Waals surface area (Å²) in [4.78, 5) is 17.9. The lowest BCUT2D eigenvalue weighted by Gasteiger charge is -2.27. The lowest BCUT2D eigenvalue weighted by atomic mass is 10.0. The van der Waals surface area contributed by atoms with E-state index in [1.807, 2.05) is 6.92 Å². The number of carbonyl (C=O) groups is 1. The number of Topliss-reactive ketones (excluding diaryl/α,β-unsaturated/α-hetero) is 1. The van der Waals surface area contributed by atoms with Crippen molar-refractivity contribution >= 4 is 5.78 Å². The van der Waals surface area contributed by atoms with Gasteiger partial charge in [0, 0.05) is 12.5 Å². The van der Waals surface area contributed by atoms with E-state index in [4.69, 9.17) is 4.52 Å². The smallest absolute Gasteiger partial charge is 0.240 e. The van der Waals surface area contributed by atoms with Crippen molar-refractivity contribution < 1.29 is 9.32 Å². The second-order valence-corrected chi connectivity index (χ2v) is 5.12. The topological polar surface area (TPSA) is 59.2 Å². The Morgan fingerprint density at radius 2 is 2.28 bits per heavy atom. The molecule has 0 aromatic carbocycles. The zero-order chi connectivity index (χ0) is 13.0. The second kappa shape index (κ2) is 6.09. The number of carbonyl (C=O) groups excluding carboxylic acids is 1. The van der Waals surface area contributed by atoms with Gasteiger partial charge in [-0.1, -0.05) is 18.0 Å². The van der Waals surface area contributed by atoms with Crippen LogP contribution in [0.15, 0.2) is 4.52 Å². The van der Waals surface area contributed by atoms with Crippen LogP contribution in [0.25, 0.3) is 0 Å². The Hall–Kier alpha value is -1.23. The van der Waals surface area contributed by atoms with Crippen molar-refractivity contribution in [2.45, 2.75) is 58.5 Å². The molecule has 2 heterocycles. The Morgan fingerprint density at radius 1 is 1.44 bits per heavy atom. The minimum Gasteiger partial charge on any atom is -0.338 e. The maximum atomic E-state index is 11.3. The van der Waals surface area contributed by atoms with Crippen LogP contribution >= 0.6 is 0 Å². The first-order valence-electron chi connectivity index (χ1n) is 6.68. The van der Waals surface area contributed by atoms with E-state index in [1.165, 1.54) is 19.3 Å². The molecule has 1 fully saturated rings. The van der Waals surface area contributed by atoms with Gasteiger partial charge >= 0.3 is 0 Å². The number of ketones is 1. The van der Waals surface area contributed by atoms with Crippen LogP contribution in [-0.2, 0) is 11.3 Å². The van der Waals surface area contributed by atoms with E-state index in [-0.39, 0.29) is 5.78 Å². The lowest BCUT2D eigenvalue weighted by molar-refractivity contribution is -0.118. The van der Waals surface area contributed by atoms with Gasteiger partial charge in [-0.15, -0.1) is 0 Å². The van der Waals surface area contributed by atoms with Crippen molar-refractivity contribution in [3.63, 3.8) is 0 Å². The van der Waals surface area contributed by atoms with Crippen LogP contribution < -0.4 is 0 Å². The average molecular weight is 251 g/mol. The molecule has 18 heavy (non-hydrogen) atoms. The van der Waals surface area contributed by atoms with Gasteiger partial charge < -0.3 is 4.52 Å². The summed E-state index contributed by atoms with van der Waals surface area (Å²) in [5.74, 6) is 1.58. The van der Waals surface area contributed by atoms with E-state index < -0.39 is 0 Å². The van der Waals surface area contributed by atoms with Gasteiger partial charge in [-0.3, -0.25) is 9.69 Å². The lowest BCUT2D eigenvalue weighted by Crippen LogP contribution is -2.35. The Morgan fingerprint density at radius 3 is 2.94 bits per heavy atom. The van der Waals surface area contributed by atoms with Gasteiger partial charge in [0.2, 0.25) is 5.89 Å². The zero-order valence-electron chi connectivity index (χ0n) is 11.2. The molecule has 1 saturated heterocycles. The van der Waals surface area contributed by atoms with Crippen LogP contribution in [0.2, 0.25) is 0 Å². The Bertz CT molecular complexity index is 403. The summed E-state index contributed by atoms with van der Waals surface area (Å²) in [5.41, 5.74) is 0. The maximum absolute atomic E-state index is 11.3. The fraction of sp³-hybridized carbons (Fsp3) is 0.769. The predicted octanol–water partition coefficient (Wildman–Crippen LogP) is 2.10. The van der Waals surface area contributed by atoms with Gasteiger partial charge in [0.25, 0.3) is 0 Å². The van der Waals surface area contributed by atoms with E-state index in [1.54, 1.807) is 6.92 Å². The number of likely N-dealkylation sites (tertiary alicyclic amines) is 1. The van der Waals surface area contributed by atoms with Crippen LogP contribution in [0.1, 0.15) is 50.7 Å². The van der Waals surface area contributed by atoms with E-state index in [0.29, 0.717) is 30.7 Å². The van der Waals surface area contributed by atoms with Gasteiger partial charge in [0.1, 0.15) is 5.78 Å². The highest BCUT2D eigenvalue weighted by molar-refractivity contribution is 5.76. The molecular formula is C13H21N3O2. The summed E-state index contributed by atoms with van der Waals surface area (Å²) in [7, 11) is 0. The van der Waals surface area contributed by atoms with E-state index in [9.17, 15) is 4.79 Å². The maximum Gasteiger partial charge on any atom is 0.240 e. The molecule has 1 unspecified atom stereocenters. The van der Waals surface area contributed by atoms with Crippen LogP contribution in [0.5, 0.6) is 0 Å². The minimum absolute atomic E-state index is 0.258. The molecule has 0 amide bonds. The highest BCUT2D eigenvalue weighted by Gasteiger charge is 2.23. The van der Waals surface area contributed by atoms with Crippen LogP contribution in [0.4, 0.5) is 0 Å². The molecule has 1 aliphatic rings. The van der Waals surface area contributed by atoms with E-state index >= 15 is 0 Å². The van der Waals surface area contributed by atoms with Crippen molar-refractivity contribution in [3.05, 3.63) is 11.7 Å². The molecule has 1 aromatic rings. The molecule has 0 aliphatic carbocycles. The number of hydrogen-bond donors (Lipinski definition) is 0. The van der Waals surface area contributed by atoms with Gasteiger partial charge in [-0.25, -0.2) is 0 Å². The first kappa shape index (κ1) is 13.2. The third-order valence-electron chi connectivity index (χ3n) is 3.43. The standard InChI is InChI=1S/C13H21N3O2/c1-10(17)8-12-6-4-3-5-7-16(12)9-13-14-11(2)15-18-13/h12H,3-9H2,1-2H3. The largest absolute Gasteiger partial charge is 0.338 e. The van der Waals surface area contributed by atoms with Gasteiger partial charge in [-0.05, 0) is 33.2 Å². The Kier molecular flexibility index (Phi) is 4.47. The van der Waals surface area contributed by atoms with Gasteiger partial charge in [0.15, 0.2) is 5.82 Å². The van der Waals surface area contributed by atoms with Crippen LogP contribution in [-0.4, -0.2) is 33.4 Å². The number of aromatic nitrogens is 2. The molecule has 2 rings (SSSR count). The van der Waals surface area contributed by atoms with E-state index in [0.717, 1.165) is 13.0 Å². The second-order valence-electron chi connectivity index (χ2n) is 5.12. The number of aryl methyl sites for hydroxylation is 1. The third-order valence-corrected chi connectivity index (χ3v) is 3.43. The Labute approximate surface area is 108 Å². The van der Waals surface area contributed by atoms with Crippen molar-refractivity contribution in [2.24, 2.45) is 0 Å². The summed E-state index contributed by atoms with van der Waals surface area (Å²) in [6.45, 7) is 5.17. The molecule has 5 heteroatoms. The molecule has 1 atom stereocenters. The van der Waals surface area contributed by atoms with E-state index in [2.05, 4.69) is 15.0 Å². The van der Waals surface area contributed by atoms with Gasteiger partial charge in [0.05, 0.1) is 6.54 Å². The molecular weight excluding hydrogens is 230 g/mol. The van der Waals surface area contributed by atoms with Crippen molar-refractivity contribution in [3.8, 4) is 0 Å². The molecule has 100 valence electrons. The molecule has 1 aromatic heterocycles. The monoisotopic (exact) mass is 251 g/mol. The summed E-state index contributed by atoms with van der Waals surface area (Å²) >= 11 is 0. The number of nitrogens with zero attached hydrogens (tertiary/aromatic N) is 3. The quantitative estimate of drug-likeness (QED) is 0.820. The average Bonchev–Trinajstić information content (AvgIpc) is 2.58. The predicted molar refractivity (Wildman–Crippen MR) is 67.0 cm³/mol. The summed E-state index contributed by atoms with van der Waals surface area (Å²) < 4.78 is 5.17. The molecule has 0 saturated carbocycles. The third kappa shape index (κ3) is 3.63. The van der Waals surface area contributed by atoms with Crippen LogP contribution in [0.3, 0.4) is 0 Å². The summed E-state index contributed by atoms with van der Waals surface area (Å²) in [6, 6.07) is 0.331. The zero-order valence-corrected chi connectivity index (χ0v) is 11.2. The van der Waals surface area contributed by atoms with Gasteiger partial charge in [-0.2, -0.15) is 4.98 Å². The Balaban J connectivity index is 2.02. The fourth-order valence-corrected chi connectivity index (χ4v) is 2.59. The summed E-state index contributed by atoms with van der Waals surface area (Å²) in [5, 5.41) is 3.81. The van der Waals surface area contributed by atoms with Crippen molar-refractivity contribution in [2.75, 3.05) is 6.54 Å². The molecule has 0 N–H and O–H groups in total. The molecule has 0 bridgehead atoms. The molecule has 1 aliphatic heterocycles. The van der Waals surface area contributed by atoms with Crippen LogP contribution in [0, 0.1) is 6.92 Å². The highest BCUT2D eigenvalue weighted by Crippen LogP contribution is 2.21. The summed E-state index contributed by atoms with van der Waals surface area (Å²) in [6.07, 6.45) is 5.35.